The number of aryl methyl sites for hydroxylation is 1. The lowest BCUT2D eigenvalue weighted by Crippen LogP contribution is -2.20. The minimum absolute atomic E-state index is 0.0109. The molecule has 0 saturated carbocycles. The van der Waals surface area contributed by atoms with Gasteiger partial charge in [-0.2, -0.15) is 0 Å². The van der Waals surface area contributed by atoms with E-state index in [0.717, 1.165) is 5.52 Å². The Hall–Kier alpha value is -3.29. The van der Waals surface area contributed by atoms with Gasteiger partial charge in [-0.05, 0) is 30.7 Å². The molecule has 2 aromatic carbocycles. The van der Waals surface area contributed by atoms with Gasteiger partial charge in [0.05, 0.1) is 10.4 Å². The molecule has 23 heavy (non-hydrogen) atoms. The Bertz CT molecular complexity index is 903. The molecule has 8 heteroatoms. The Morgan fingerprint density at radius 3 is 2.83 bits per heavy atom. The van der Waals surface area contributed by atoms with Crippen LogP contribution in [0.2, 0.25) is 0 Å². The summed E-state index contributed by atoms with van der Waals surface area (Å²) in [4.78, 5) is 22.4. The van der Waals surface area contributed by atoms with Crippen molar-refractivity contribution in [1.29, 1.82) is 0 Å². The quantitative estimate of drug-likeness (QED) is 0.588. The van der Waals surface area contributed by atoms with Crippen molar-refractivity contribution in [2.45, 2.75) is 13.5 Å². The Morgan fingerprint density at radius 2 is 2.09 bits per heavy atom. The summed E-state index contributed by atoms with van der Waals surface area (Å²) in [5.74, 6) is -0.280. The Kier molecular flexibility index (Phi) is 3.71. The number of non-ortho nitro benzene ring substituents is 1. The Labute approximate surface area is 130 Å². The van der Waals surface area contributed by atoms with Crippen molar-refractivity contribution in [3.8, 4) is 0 Å². The van der Waals surface area contributed by atoms with Gasteiger partial charge >= 0.3 is 0 Å². The van der Waals surface area contributed by atoms with Gasteiger partial charge < -0.3 is 5.32 Å². The maximum atomic E-state index is 12.2. The van der Waals surface area contributed by atoms with E-state index in [9.17, 15) is 14.9 Å². The van der Waals surface area contributed by atoms with Gasteiger partial charge in [0.2, 0.25) is 5.91 Å². The molecule has 0 unspecified atom stereocenters. The molecule has 0 radical (unpaired) electrons. The molecular weight excluding hydrogens is 298 g/mol. The van der Waals surface area contributed by atoms with E-state index in [1.165, 1.54) is 22.9 Å². The maximum absolute atomic E-state index is 12.2. The smallest absolute Gasteiger partial charge is 0.269 e. The highest BCUT2D eigenvalue weighted by molar-refractivity contribution is 5.92. The van der Waals surface area contributed by atoms with Crippen molar-refractivity contribution in [2.24, 2.45) is 0 Å². The summed E-state index contributed by atoms with van der Waals surface area (Å²) in [5, 5.41) is 21.4. The molecule has 0 atom stereocenters. The highest BCUT2D eigenvalue weighted by atomic mass is 16.6. The maximum Gasteiger partial charge on any atom is 0.269 e. The molecule has 8 nitrogen and oxygen atoms in total. The van der Waals surface area contributed by atoms with Gasteiger partial charge in [-0.1, -0.05) is 17.3 Å². The van der Waals surface area contributed by atoms with E-state index in [-0.39, 0.29) is 18.1 Å². The molecule has 1 amide bonds. The minimum atomic E-state index is -0.472. The van der Waals surface area contributed by atoms with E-state index in [2.05, 4.69) is 15.6 Å². The molecular formula is C15H13N5O3. The van der Waals surface area contributed by atoms with Crippen molar-refractivity contribution in [3.05, 3.63) is 58.1 Å². The summed E-state index contributed by atoms with van der Waals surface area (Å²) in [7, 11) is 0. The number of carbonyl (C=O) groups excluding carboxylic acids is 1. The first-order valence-corrected chi connectivity index (χ1v) is 6.88. The van der Waals surface area contributed by atoms with Crippen LogP contribution in [0.1, 0.15) is 5.56 Å². The summed E-state index contributed by atoms with van der Waals surface area (Å²) < 4.78 is 1.51. The fraction of sp³-hybridized carbons (Fsp3) is 0.133. The van der Waals surface area contributed by atoms with Gasteiger partial charge in [-0.3, -0.25) is 14.9 Å². The molecule has 1 aromatic heterocycles. The Balaban J connectivity index is 1.76. The van der Waals surface area contributed by atoms with Crippen LogP contribution in [0, 0.1) is 17.0 Å². The summed E-state index contributed by atoms with van der Waals surface area (Å²) in [6.07, 6.45) is 0. The molecule has 0 bridgehead atoms. The van der Waals surface area contributed by atoms with Crippen LogP contribution in [0.3, 0.4) is 0 Å². The van der Waals surface area contributed by atoms with Crippen LogP contribution in [0.25, 0.3) is 11.0 Å². The first kappa shape index (κ1) is 14.6. The third-order valence-corrected chi connectivity index (χ3v) is 3.41. The topological polar surface area (TPSA) is 103 Å². The number of nitrogens with zero attached hydrogens (tertiary/aromatic N) is 4. The Morgan fingerprint density at radius 1 is 1.30 bits per heavy atom. The number of nitrogens with one attached hydrogen (secondary N) is 1. The van der Waals surface area contributed by atoms with Gasteiger partial charge in [0.1, 0.15) is 12.1 Å². The molecule has 0 aliphatic heterocycles. The van der Waals surface area contributed by atoms with Gasteiger partial charge in [0.25, 0.3) is 5.69 Å². The molecule has 1 N–H and O–H groups in total. The minimum Gasteiger partial charge on any atom is -0.324 e. The molecule has 0 saturated heterocycles. The summed E-state index contributed by atoms with van der Waals surface area (Å²) in [6, 6.07) is 11.6. The van der Waals surface area contributed by atoms with Gasteiger partial charge in [-0.15, -0.1) is 5.10 Å². The predicted molar refractivity (Wildman–Crippen MR) is 84.0 cm³/mol. The summed E-state index contributed by atoms with van der Waals surface area (Å²) in [6.45, 7) is 1.71. The van der Waals surface area contributed by atoms with E-state index >= 15 is 0 Å². The van der Waals surface area contributed by atoms with Crippen LogP contribution < -0.4 is 5.32 Å². The van der Waals surface area contributed by atoms with Crippen molar-refractivity contribution in [1.82, 2.24) is 15.0 Å². The van der Waals surface area contributed by atoms with Crippen LogP contribution in [-0.4, -0.2) is 25.8 Å². The third kappa shape index (κ3) is 3.00. The number of aromatic nitrogens is 3. The van der Waals surface area contributed by atoms with Crippen molar-refractivity contribution < 1.29 is 9.72 Å². The number of benzene rings is 2. The SMILES string of the molecule is Cc1cc([N+](=O)[O-])ccc1NC(=O)Cn1nnc2ccccc21. The van der Waals surface area contributed by atoms with Gasteiger partial charge in [0.15, 0.2) is 0 Å². The number of hydrogen-bond donors (Lipinski definition) is 1. The van der Waals surface area contributed by atoms with Crippen LogP contribution in [0.15, 0.2) is 42.5 Å². The zero-order chi connectivity index (χ0) is 16.4. The zero-order valence-corrected chi connectivity index (χ0v) is 12.3. The monoisotopic (exact) mass is 311 g/mol. The molecule has 1 heterocycles. The standard InChI is InChI=1S/C15H13N5O3/c1-10-8-11(20(22)23)6-7-12(10)16-15(21)9-19-14-5-3-2-4-13(14)17-18-19/h2-8H,9H2,1H3,(H,16,21). The number of anilines is 1. The summed E-state index contributed by atoms with van der Waals surface area (Å²) in [5.41, 5.74) is 2.62. The summed E-state index contributed by atoms with van der Waals surface area (Å²) >= 11 is 0. The highest BCUT2D eigenvalue weighted by Crippen LogP contribution is 2.21. The highest BCUT2D eigenvalue weighted by Gasteiger charge is 2.12. The molecule has 0 fully saturated rings. The van der Waals surface area contributed by atoms with Crippen LogP contribution in [0.5, 0.6) is 0 Å². The lowest BCUT2D eigenvalue weighted by atomic mass is 10.2. The largest absolute Gasteiger partial charge is 0.324 e. The first-order chi connectivity index (χ1) is 11.0. The molecule has 3 aromatic rings. The lowest BCUT2D eigenvalue weighted by molar-refractivity contribution is -0.384. The second kappa shape index (κ2) is 5.84. The average Bonchev–Trinajstić information content (AvgIpc) is 2.92. The van der Waals surface area contributed by atoms with E-state index in [1.54, 1.807) is 6.92 Å². The number of amides is 1. The van der Waals surface area contributed by atoms with Gasteiger partial charge in [0, 0.05) is 17.8 Å². The number of carbonyl (C=O) groups is 1. The second-order valence-corrected chi connectivity index (χ2v) is 5.04. The number of hydrogen-bond acceptors (Lipinski definition) is 5. The zero-order valence-electron chi connectivity index (χ0n) is 12.3. The molecule has 0 aliphatic carbocycles. The van der Waals surface area contributed by atoms with Crippen LogP contribution >= 0.6 is 0 Å². The van der Waals surface area contributed by atoms with Crippen molar-refractivity contribution in [2.75, 3.05) is 5.32 Å². The number of nitro groups is 1. The molecule has 0 spiro atoms. The van der Waals surface area contributed by atoms with E-state index in [1.807, 2.05) is 24.3 Å². The fourth-order valence-corrected chi connectivity index (χ4v) is 2.26. The second-order valence-electron chi connectivity index (χ2n) is 5.04. The van der Waals surface area contributed by atoms with E-state index in [0.29, 0.717) is 16.8 Å². The fourth-order valence-electron chi connectivity index (χ4n) is 2.26. The average molecular weight is 311 g/mol. The number of nitro benzene ring substituents is 1. The normalized spacial score (nSPS) is 10.7. The number of rotatable bonds is 4. The number of para-hydroxylation sites is 1. The predicted octanol–water partition coefficient (Wildman–Crippen LogP) is 2.29. The first-order valence-electron chi connectivity index (χ1n) is 6.88. The van der Waals surface area contributed by atoms with Gasteiger partial charge in [-0.25, -0.2) is 4.68 Å². The van der Waals surface area contributed by atoms with Crippen molar-refractivity contribution >= 4 is 28.3 Å². The lowest BCUT2D eigenvalue weighted by Gasteiger charge is -2.08. The van der Waals surface area contributed by atoms with Crippen LogP contribution in [-0.2, 0) is 11.3 Å². The molecule has 116 valence electrons. The van der Waals surface area contributed by atoms with E-state index in [4.69, 9.17) is 0 Å². The van der Waals surface area contributed by atoms with Crippen LogP contribution in [0.4, 0.5) is 11.4 Å². The number of fused-ring (bicyclic) bond motifs is 1. The molecule has 3 rings (SSSR count). The van der Waals surface area contributed by atoms with E-state index < -0.39 is 4.92 Å². The molecule has 0 aliphatic rings. The van der Waals surface area contributed by atoms with Crippen molar-refractivity contribution in [3.63, 3.8) is 0 Å². The third-order valence-electron chi connectivity index (χ3n) is 3.41.